The van der Waals surface area contributed by atoms with Gasteiger partial charge in [-0.25, -0.2) is 13.4 Å². The number of hydrogen-bond donors (Lipinski definition) is 1. The first kappa shape index (κ1) is 15.2. The van der Waals surface area contributed by atoms with E-state index in [1.165, 1.54) is 10.5 Å². The van der Waals surface area contributed by atoms with E-state index >= 15 is 0 Å². The van der Waals surface area contributed by atoms with E-state index in [0.29, 0.717) is 38.3 Å². The fraction of sp³-hybridized carbons (Fsp3) is 0.615. The van der Waals surface area contributed by atoms with Crippen LogP contribution in [0.15, 0.2) is 23.4 Å². The topological polar surface area (TPSA) is 71.5 Å². The molecule has 0 amide bonds. The van der Waals surface area contributed by atoms with Crippen LogP contribution in [-0.2, 0) is 14.8 Å². The zero-order valence-electron chi connectivity index (χ0n) is 11.9. The van der Waals surface area contributed by atoms with Crippen LogP contribution in [0.4, 0.5) is 5.69 Å². The molecule has 112 valence electrons. The Balaban J connectivity index is 2.34. The fourth-order valence-electron chi connectivity index (χ4n) is 2.22. The van der Waals surface area contributed by atoms with Crippen molar-refractivity contribution >= 4 is 15.7 Å². The molecule has 7 heteroatoms. The molecule has 1 aromatic rings. The smallest absolute Gasteiger partial charge is 0.262 e. The molecule has 1 atom stereocenters. The predicted molar refractivity (Wildman–Crippen MR) is 77.2 cm³/mol. The summed E-state index contributed by atoms with van der Waals surface area (Å²) in [7, 11) is -3.59. The molecule has 1 aliphatic heterocycles. The van der Waals surface area contributed by atoms with E-state index in [2.05, 4.69) is 10.3 Å². The molecule has 0 bridgehead atoms. The van der Waals surface area contributed by atoms with Crippen LogP contribution < -0.4 is 5.32 Å². The zero-order chi connectivity index (χ0) is 14.6. The molecule has 1 unspecified atom stereocenters. The van der Waals surface area contributed by atoms with Crippen LogP contribution in [0, 0.1) is 0 Å². The lowest BCUT2D eigenvalue weighted by molar-refractivity contribution is 0.0752. The number of aromatic nitrogens is 1. The average molecular weight is 299 g/mol. The zero-order valence-corrected chi connectivity index (χ0v) is 12.7. The van der Waals surface area contributed by atoms with E-state index in [1.807, 2.05) is 13.8 Å². The molecule has 0 aromatic carbocycles. The van der Waals surface area contributed by atoms with Crippen LogP contribution in [-0.4, -0.2) is 50.1 Å². The third kappa shape index (κ3) is 3.28. The largest absolute Gasteiger partial charge is 0.383 e. The van der Waals surface area contributed by atoms with Crippen LogP contribution in [0.5, 0.6) is 0 Å². The first-order chi connectivity index (χ1) is 9.55. The molecule has 1 aromatic heterocycles. The predicted octanol–water partition coefficient (Wildman–Crippen LogP) is 1.31. The molecule has 20 heavy (non-hydrogen) atoms. The monoisotopic (exact) mass is 299 g/mol. The minimum absolute atomic E-state index is 0.0935. The van der Waals surface area contributed by atoms with Gasteiger partial charge in [0.25, 0.3) is 10.0 Å². The average Bonchev–Trinajstić information content (AvgIpc) is 2.65. The van der Waals surface area contributed by atoms with Crippen molar-refractivity contribution in [2.75, 3.05) is 31.6 Å². The van der Waals surface area contributed by atoms with Gasteiger partial charge in [0.05, 0.1) is 11.8 Å². The minimum atomic E-state index is -3.59. The van der Waals surface area contributed by atoms with E-state index in [1.54, 1.807) is 12.1 Å². The highest BCUT2D eigenvalue weighted by atomic mass is 32.2. The van der Waals surface area contributed by atoms with Gasteiger partial charge in [0.15, 0.2) is 5.03 Å². The summed E-state index contributed by atoms with van der Waals surface area (Å²) in [6.07, 6.45) is 2.11. The maximum Gasteiger partial charge on any atom is 0.262 e. The highest BCUT2D eigenvalue weighted by Gasteiger charge is 2.30. The van der Waals surface area contributed by atoms with Gasteiger partial charge in [0.2, 0.25) is 0 Å². The van der Waals surface area contributed by atoms with Crippen molar-refractivity contribution in [1.29, 1.82) is 0 Å². The standard InChI is InChI=1S/C13H21N3O3S/c1-3-14-12-6-4-7-15-13(12)20(17,18)16-8-5-9-19-11(2)10-16/h4,6-7,11,14H,3,5,8-10H2,1-2H3. The number of anilines is 1. The van der Waals surface area contributed by atoms with E-state index < -0.39 is 10.0 Å². The fourth-order valence-corrected chi connectivity index (χ4v) is 3.85. The van der Waals surface area contributed by atoms with Crippen molar-refractivity contribution in [2.24, 2.45) is 0 Å². The summed E-state index contributed by atoms with van der Waals surface area (Å²) in [4.78, 5) is 4.07. The molecule has 1 fully saturated rings. The highest BCUT2D eigenvalue weighted by molar-refractivity contribution is 7.89. The Morgan fingerprint density at radius 1 is 1.55 bits per heavy atom. The van der Waals surface area contributed by atoms with E-state index in [-0.39, 0.29) is 11.1 Å². The van der Waals surface area contributed by atoms with Gasteiger partial charge in [0.1, 0.15) is 0 Å². The maximum absolute atomic E-state index is 12.7. The molecule has 0 aliphatic carbocycles. The summed E-state index contributed by atoms with van der Waals surface area (Å²) < 4.78 is 32.5. The number of pyridine rings is 1. The van der Waals surface area contributed by atoms with Crippen LogP contribution >= 0.6 is 0 Å². The Morgan fingerprint density at radius 3 is 3.10 bits per heavy atom. The lowest BCUT2D eigenvalue weighted by Crippen LogP contribution is -2.36. The second-order valence-corrected chi connectivity index (χ2v) is 6.64. The molecule has 1 aliphatic rings. The van der Waals surface area contributed by atoms with Crippen LogP contribution in [0.3, 0.4) is 0 Å². The number of rotatable bonds is 4. The second-order valence-electron chi connectivity index (χ2n) is 4.78. The first-order valence-corrected chi connectivity index (χ1v) is 8.30. The van der Waals surface area contributed by atoms with Crippen molar-refractivity contribution in [3.63, 3.8) is 0 Å². The lowest BCUT2D eigenvalue weighted by Gasteiger charge is -2.22. The molecule has 2 heterocycles. The Hall–Kier alpha value is -1.18. The van der Waals surface area contributed by atoms with Crippen LogP contribution in [0.2, 0.25) is 0 Å². The first-order valence-electron chi connectivity index (χ1n) is 6.86. The van der Waals surface area contributed by atoms with Crippen LogP contribution in [0.1, 0.15) is 20.3 Å². The molecule has 6 nitrogen and oxygen atoms in total. The molecule has 0 saturated carbocycles. The molecule has 0 spiro atoms. The lowest BCUT2D eigenvalue weighted by atomic mass is 10.4. The number of ether oxygens (including phenoxy) is 1. The van der Waals surface area contributed by atoms with E-state index in [0.717, 1.165) is 0 Å². The Labute approximate surface area is 120 Å². The maximum atomic E-state index is 12.7. The van der Waals surface area contributed by atoms with Gasteiger partial charge < -0.3 is 10.1 Å². The third-order valence-electron chi connectivity index (χ3n) is 3.14. The second kappa shape index (κ2) is 6.51. The van der Waals surface area contributed by atoms with Gasteiger partial charge in [0, 0.05) is 32.4 Å². The van der Waals surface area contributed by atoms with Crippen molar-refractivity contribution in [2.45, 2.75) is 31.4 Å². The van der Waals surface area contributed by atoms with Gasteiger partial charge >= 0.3 is 0 Å². The third-order valence-corrected chi connectivity index (χ3v) is 4.96. The van der Waals surface area contributed by atoms with Crippen molar-refractivity contribution < 1.29 is 13.2 Å². The van der Waals surface area contributed by atoms with Gasteiger partial charge in [-0.2, -0.15) is 4.31 Å². The van der Waals surface area contributed by atoms with Gasteiger partial charge in [-0.3, -0.25) is 0 Å². The highest BCUT2D eigenvalue weighted by Crippen LogP contribution is 2.23. The van der Waals surface area contributed by atoms with Crippen molar-refractivity contribution in [1.82, 2.24) is 9.29 Å². The summed E-state index contributed by atoms with van der Waals surface area (Å²) >= 11 is 0. The molecule has 1 N–H and O–H groups in total. The molecule has 2 rings (SSSR count). The Bertz CT molecular complexity index is 548. The number of nitrogens with one attached hydrogen (secondary N) is 1. The van der Waals surface area contributed by atoms with Gasteiger partial charge in [-0.1, -0.05) is 0 Å². The number of sulfonamides is 1. The molecular formula is C13H21N3O3S. The van der Waals surface area contributed by atoms with Gasteiger partial charge in [-0.05, 0) is 32.4 Å². The molecule has 1 saturated heterocycles. The normalized spacial score (nSPS) is 21.4. The Morgan fingerprint density at radius 2 is 2.35 bits per heavy atom. The summed E-state index contributed by atoms with van der Waals surface area (Å²) in [5, 5.41) is 3.14. The number of nitrogens with zero attached hydrogens (tertiary/aromatic N) is 2. The quantitative estimate of drug-likeness (QED) is 0.907. The SMILES string of the molecule is CCNc1cccnc1S(=O)(=O)N1CCCOC(C)C1. The minimum Gasteiger partial charge on any atom is -0.383 e. The summed E-state index contributed by atoms with van der Waals surface area (Å²) in [5.41, 5.74) is 0.549. The Kier molecular flexibility index (Phi) is 4.95. The summed E-state index contributed by atoms with van der Waals surface area (Å²) in [6.45, 7) is 5.88. The summed E-state index contributed by atoms with van der Waals surface area (Å²) in [6, 6.07) is 3.46. The number of hydrogen-bond acceptors (Lipinski definition) is 5. The van der Waals surface area contributed by atoms with Gasteiger partial charge in [-0.15, -0.1) is 0 Å². The summed E-state index contributed by atoms with van der Waals surface area (Å²) in [5.74, 6) is 0. The van der Waals surface area contributed by atoms with E-state index in [4.69, 9.17) is 4.74 Å². The molecule has 0 radical (unpaired) electrons. The van der Waals surface area contributed by atoms with E-state index in [9.17, 15) is 8.42 Å². The van der Waals surface area contributed by atoms with Crippen molar-refractivity contribution in [3.8, 4) is 0 Å². The van der Waals surface area contributed by atoms with Crippen molar-refractivity contribution in [3.05, 3.63) is 18.3 Å². The molecular weight excluding hydrogens is 278 g/mol. The van der Waals surface area contributed by atoms with Crippen LogP contribution in [0.25, 0.3) is 0 Å².